The molecule has 0 saturated heterocycles. The van der Waals surface area contributed by atoms with Gasteiger partial charge >= 0.3 is 6.09 Å². The molecule has 0 bridgehead atoms. The van der Waals surface area contributed by atoms with Gasteiger partial charge in [0, 0.05) is 26.2 Å². The lowest BCUT2D eigenvalue weighted by molar-refractivity contribution is -0.121. The van der Waals surface area contributed by atoms with E-state index in [1.54, 1.807) is 63.2 Å². The van der Waals surface area contributed by atoms with Crippen molar-refractivity contribution in [2.24, 2.45) is 0 Å². The van der Waals surface area contributed by atoms with Crippen molar-refractivity contribution in [1.29, 1.82) is 0 Å². The van der Waals surface area contributed by atoms with Gasteiger partial charge in [0.2, 0.25) is 5.91 Å². The molecule has 0 saturated carbocycles. The highest BCUT2D eigenvalue weighted by atomic mass is 79.9. The molecule has 0 radical (unpaired) electrons. The van der Waals surface area contributed by atoms with Crippen molar-refractivity contribution in [2.45, 2.75) is 39.3 Å². The van der Waals surface area contributed by atoms with E-state index in [4.69, 9.17) is 11.6 Å². The zero-order valence-corrected chi connectivity index (χ0v) is 18.8. The molecule has 154 valence electrons. The summed E-state index contributed by atoms with van der Waals surface area (Å²) in [5, 5.41) is 12.7. The number of amides is 2. The molecule has 0 aliphatic rings. The zero-order valence-electron chi connectivity index (χ0n) is 16.5. The van der Waals surface area contributed by atoms with Gasteiger partial charge in [0.1, 0.15) is 6.04 Å². The number of halogens is 2. The van der Waals surface area contributed by atoms with Gasteiger partial charge in [-0.05, 0) is 70.2 Å². The van der Waals surface area contributed by atoms with E-state index >= 15 is 0 Å². The van der Waals surface area contributed by atoms with Crippen LogP contribution in [0, 0.1) is 0 Å². The highest BCUT2D eigenvalue weighted by molar-refractivity contribution is 9.10. The van der Waals surface area contributed by atoms with Crippen LogP contribution >= 0.6 is 27.5 Å². The van der Waals surface area contributed by atoms with Crippen molar-refractivity contribution < 1.29 is 19.5 Å². The molecule has 1 atom stereocenters. The Labute approximate surface area is 183 Å². The summed E-state index contributed by atoms with van der Waals surface area (Å²) in [4.78, 5) is 38.5. The van der Waals surface area contributed by atoms with Crippen molar-refractivity contribution in [3.8, 4) is 0 Å². The molecule has 2 rings (SSSR count). The topological polar surface area (TPSA) is 86.7 Å². The lowest BCUT2D eigenvalue weighted by atomic mass is 10.0. The van der Waals surface area contributed by atoms with Crippen LogP contribution in [0.2, 0.25) is 5.02 Å². The summed E-state index contributed by atoms with van der Waals surface area (Å²) in [7, 11) is 0. The maximum absolute atomic E-state index is 13.0. The Hall–Kier alpha value is -2.38. The molecule has 0 fully saturated rings. The van der Waals surface area contributed by atoms with Crippen LogP contribution in [-0.2, 0) is 4.79 Å². The summed E-state index contributed by atoms with van der Waals surface area (Å²) in [5.74, 6) is -0.827. The van der Waals surface area contributed by atoms with E-state index in [0.717, 1.165) is 4.90 Å². The molecule has 2 aromatic rings. The smallest absolute Gasteiger partial charge is 0.408 e. The molecular formula is C21H22BrClN2O4. The largest absolute Gasteiger partial charge is 0.465 e. The number of hydrogen-bond donors (Lipinski definition) is 2. The second-order valence-corrected chi connectivity index (χ2v) is 8.87. The Kier molecular flexibility index (Phi) is 7.08. The molecule has 1 unspecified atom stereocenters. The van der Waals surface area contributed by atoms with Gasteiger partial charge in [-0.15, -0.1) is 0 Å². The minimum absolute atomic E-state index is 0.278. The summed E-state index contributed by atoms with van der Waals surface area (Å²) in [6, 6.07) is 10.4. The third kappa shape index (κ3) is 5.58. The fraction of sp³-hybridized carbons (Fsp3) is 0.286. The summed E-state index contributed by atoms with van der Waals surface area (Å²) in [5.41, 5.74) is 0.214. The SMILES string of the molecule is CC(C(=O)Nc1ccc(Br)cc1C(=O)c1ccc(Cl)cc1)N(C(=O)O)C(C)(C)C. The minimum Gasteiger partial charge on any atom is -0.465 e. The standard InChI is InChI=1S/C21H22BrClN2O4/c1-12(25(20(28)29)21(2,3)4)19(27)24-17-10-7-14(22)11-16(17)18(26)13-5-8-15(23)9-6-13/h5-12H,1-4H3,(H,24,27)(H,28,29). The number of benzene rings is 2. The van der Waals surface area contributed by atoms with Crippen LogP contribution in [0.25, 0.3) is 0 Å². The van der Waals surface area contributed by atoms with E-state index in [0.29, 0.717) is 20.7 Å². The highest BCUT2D eigenvalue weighted by Crippen LogP contribution is 2.26. The molecule has 2 amide bonds. The number of ketones is 1. The van der Waals surface area contributed by atoms with Gasteiger partial charge in [0.25, 0.3) is 0 Å². The van der Waals surface area contributed by atoms with E-state index < -0.39 is 23.6 Å². The van der Waals surface area contributed by atoms with Crippen LogP contribution in [0.4, 0.5) is 10.5 Å². The Morgan fingerprint density at radius 3 is 2.21 bits per heavy atom. The number of hydrogen-bond acceptors (Lipinski definition) is 3. The first kappa shape index (κ1) is 22.9. The number of rotatable bonds is 5. The molecule has 2 aromatic carbocycles. The van der Waals surface area contributed by atoms with E-state index in [2.05, 4.69) is 21.2 Å². The summed E-state index contributed by atoms with van der Waals surface area (Å²) < 4.78 is 0.669. The monoisotopic (exact) mass is 480 g/mol. The molecule has 6 nitrogen and oxygen atoms in total. The van der Waals surface area contributed by atoms with Crippen LogP contribution in [-0.4, -0.2) is 39.4 Å². The van der Waals surface area contributed by atoms with Crippen molar-refractivity contribution in [3.05, 3.63) is 63.1 Å². The van der Waals surface area contributed by atoms with Gasteiger partial charge in [-0.3, -0.25) is 14.5 Å². The number of carboxylic acid groups (broad SMARTS) is 1. The van der Waals surface area contributed by atoms with Gasteiger partial charge in [0.15, 0.2) is 5.78 Å². The molecule has 8 heteroatoms. The van der Waals surface area contributed by atoms with Crippen molar-refractivity contribution in [1.82, 2.24) is 4.90 Å². The first-order valence-electron chi connectivity index (χ1n) is 8.84. The van der Waals surface area contributed by atoms with Crippen LogP contribution in [0.15, 0.2) is 46.9 Å². The summed E-state index contributed by atoms with van der Waals surface area (Å²) >= 11 is 9.23. The van der Waals surface area contributed by atoms with Crippen LogP contribution in [0.5, 0.6) is 0 Å². The van der Waals surface area contributed by atoms with Gasteiger partial charge < -0.3 is 10.4 Å². The van der Waals surface area contributed by atoms with Crippen LogP contribution in [0.1, 0.15) is 43.6 Å². The van der Waals surface area contributed by atoms with Gasteiger partial charge in [-0.1, -0.05) is 27.5 Å². The maximum Gasteiger partial charge on any atom is 0.408 e. The average Bonchev–Trinajstić information content (AvgIpc) is 2.61. The summed E-state index contributed by atoms with van der Waals surface area (Å²) in [6.45, 7) is 6.63. The van der Waals surface area contributed by atoms with E-state index in [1.165, 1.54) is 6.92 Å². The second kappa shape index (κ2) is 8.97. The molecule has 0 spiro atoms. The minimum atomic E-state index is -1.20. The molecular weight excluding hydrogens is 460 g/mol. The maximum atomic E-state index is 13.0. The predicted molar refractivity (Wildman–Crippen MR) is 117 cm³/mol. The van der Waals surface area contributed by atoms with Crippen molar-refractivity contribution >= 4 is 51.0 Å². The van der Waals surface area contributed by atoms with Crippen LogP contribution < -0.4 is 5.32 Å². The fourth-order valence-corrected chi connectivity index (χ4v) is 3.45. The third-order valence-electron chi connectivity index (χ3n) is 4.29. The Balaban J connectivity index is 2.36. The number of nitrogens with zero attached hydrogens (tertiary/aromatic N) is 1. The molecule has 0 aromatic heterocycles. The Morgan fingerprint density at radius 1 is 1.10 bits per heavy atom. The normalized spacial score (nSPS) is 12.2. The number of anilines is 1. The molecule has 2 N–H and O–H groups in total. The molecule has 0 aliphatic carbocycles. The predicted octanol–water partition coefficient (Wildman–Crippen LogP) is 5.44. The molecule has 0 aliphatic heterocycles. The van der Waals surface area contributed by atoms with E-state index in [9.17, 15) is 19.5 Å². The first-order chi connectivity index (χ1) is 13.4. The lowest BCUT2D eigenvalue weighted by Crippen LogP contribution is -2.54. The third-order valence-corrected chi connectivity index (χ3v) is 5.03. The first-order valence-corrected chi connectivity index (χ1v) is 10.0. The van der Waals surface area contributed by atoms with Crippen LogP contribution in [0.3, 0.4) is 0 Å². The fourth-order valence-electron chi connectivity index (χ4n) is 2.96. The Bertz CT molecular complexity index is 939. The average molecular weight is 482 g/mol. The summed E-state index contributed by atoms with van der Waals surface area (Å²) in [6.07, 6.45) is -1.20. The van der Waals surface area contributed by atoms with Gasteiger partial charge in [-0.2, -0.15) is 0 Å². The number of carbonyl (C=O) groups is 3. The lowest BCUT2D eigenvalue weighted by Gasteiger charge is -2.37. The van der Waals surface area contributed by atoms with Crippen molar-refractivity contribution in [2.75, 3.05) is 5.32 Å². The van der Waals surface area contributed by atoms with Gasteiger partial charge in [0.05, 0.1) is 5.69 Å². The van der Waals surface area contributed by atoms with E-state index in [1.807, 2.05) is 0 Å². The zero-order chi connectivity index (χ0) is 21.9. The number of carbonyl (C=O) groups excluding carboxylic acids is 2. The molecule has 0 heterocycles. The van der Waals surface area contributed by atoms with E-state index in [-0.39, 0.29) is 11.3 Å². The van der Waals surface area contributed by atoms with Crippen molar-refractivity contribution in [3.63, 3.8) is 0 Å². The molecule has 29 heavy (non-hydrogen) atoms. The highest BCUT2D eigenvalue weighted by Gasteiger charge is 2.35. The number of nitrogens with one attached hydrogen (secondary N) is 1. The van der Waals surface area contributed by atoms with Gasteiger partial charge in [-0.25, -0.2) is 4.79 Å². The second-order valence-electron chi connectivity index (χ2n) is 7.51. The Morgan fingerprint density at radius 2 is 1.69 bits per heavy atom. The quantitative estimate of drug-likeness (QED) is 0.557.